The SMILES string of the molecule is Cc1ccc(CN2C(=O)C3(SCCN3C(=O)C(C)C)c3cc(F)ccc32)cc1. The van der Waals surface area contributed by atoms with Gasteiger partial charge in [-0.25, -0.2) is 4.39 Å². The van der Waals surface area contributed by atoms with Gasteiger partial charge >= 0.3 is 0 Å². The third kappa shape index (κ3) is 2.82. The molecule has 2 amide bonds. The zero-order valence-corrected chi connectivity index (χ0v) is 17.1. The average molecular weight is 399 g/mol. The highest BCUT2D eigenvalue weighted by atomic mass is 32.2. The molecule has 146 valence electrons. The Balaban J connectivity index is 1.81. The van der Waals surface area contributed by atoms with Crippen LogP contribution in [0.1, 0.15) is 30.5 Å². The second-order valence-electron chi connectivity index (χ2n) is 7.68. The van der Waals surface area contributed by atoms with Crippen LogP contribution in [0.15, 0.2) is 42.5 Å². The predicted molar refractivity (Wildman–Crippen MR) is 109 cm³/mol. The first-order chi connectivity index (χ1) is 13.3. The molecule has 0 bridgehead atoms. The zero-order valence-electron chi connectivity index (χ0n) is 16.2. The molecule has 2 aliphatic heterocycles. The number of rotatable bonds is 3. The van der Waals surface area contributed by atoms with Crippen molar-refractivity contribution in [3.8, 4) is 0 Å². The van der Waals surface area contributed by atoms with Crippen molar-refractivity contribution >= 4 is 29.3 Å². The number of thioether (sulfide) groups is 1. The van der Waals surface area contributed by atoms with E-state index in [2.05, 4.69) is 0 Å². The second-order valence-corrected chi connectivity index (χ2v) is 8.96. The topological polar surface area (TPSA) is 40.6 Å². The van der Waals surface area contributed by atoms with Crippen molar-refractivity contribution in [2.45, 2.75) is 32.2 Å². The Bertz CT molecular complexity index is 944. The van der Waals surface area contributed by atoms with Gasteiger partial charge in [0.2, 0.25) is 5.91 Å². The molecule has 2 aliphatic rings. The summed E-state index contributed by atoms with van der Waals surface area (Å²) >= 11 is 1.43. The molecule has 2 aromatic rings. The second kappa shape index (κ2) is 6.92. The van der Waals surface area contributed by atoms with Crippen molar-refractivity contribution in [2.75, 3.05) is 17.2 Å². The van der Waals surface area contributed by atoms with Crippen LogP contribution in [-0.2, 0) is 21.0 Å². The fraction of sp³-hybridized carbons (Fsp3) is 0.364. The Hall–Kier alpha value is -2.34. The number of benzene rings is 2. The number of aryl methyl sites for hydroxylation is 1. The molecule has 1 saturated heterocycles. The van der Waals surface area contributed by atoms with Crippen LogP contribution in [0.4, 0.5) is 10.1 Å². The van der Waals surface area contributed by atoms with Crippen molar-refractivity contribution in [1.82, 2.24) is 4.90 Å². The lowest BCUT2D eigenvalue weighted by Crippen LogP contribution is -2.51. The Morgan fingerprint density at radius 2 is 1.93 bits per heavy atom. The van der Waals surface area contributed by atoms with Gasteiger partial charge in [0.15, 0.2) is 4.87 Å². The average Bonchev–Trinajstić information content (AvgIpc) is 3.20. The largest absolute Gasteiger partial charge is 0.315 e. The number of hydrogen-bond donors (Lipinski definition) is 0. The van der Waals surface area contributed by atoms with Crippen molar-refractivity contribution < 1.29 is 14.0 Å². The molecular formula is C22H23FN2O2S. The molecule has 0 aliphatic carbocycles. The summed E-state index contributed by atoms with van der Waals surface area (Å²) in [7, 11) is 0. The minimum absolute atomic E-state index is 0.0780. The van der Waals surface area contributed by atoms with E-state index >= 15 is 0 Å². The van der Waals surface area contributed by atoms with E-state index in [-0.39, 0.29) is 17.7 Å². The van der Waals surface area contributed by atoms with Gasteiger partial charge in [-0.3, -0.25) is 9.59 Å². The van der Waals surface area contributed by atoms with Gasteiger partial charge in [0.05, 0.1) is 12.2 Å². The van der Waals surface area contributed by atoms with E-state index in [0.717, 1.165) is 11.1 Å². The minimum Gasteiger partial charge on any atom is -0.315 e. The quantitative estimate of drug-likeness (QED) is 0.783. The Morgan fingerprint density at radius 3 is 2.61 bits per heavy atom. The molecule has 4 nitrogen and oxygen atoms in total. The molecule has 0 aromatic heterocycles. The lowest BCUT2D eigenvalue weighted by molar-refractivity contribution is -0.142. The highest BCUT2D eigenvalue weighted by Crippen LogP contribution is 2.54. The van der Waals surface area contributed by atoms with E-state index in [1.807, 2.05) is 45.0 Å². The van der Waals surface area contributed by atoms with Crippen LogP contribution >= 0.6 is 11.8 Å². The molecule has 4 rings (SSSR count). The fourth-order valence-corrected chi connectivity index (χ4v) is 5.41. The maximum atomic E-state index is 14.2. The lowest BCUT2D eigenvalue weighted by atomic mass is 10.0. The van der Waals surface area contributed by atoms with Crippen molar-refractivity contribution in [3.05, 3.63) is 65.0 Å². The number of carbonyl (C=O) groups excluding carboxylic acids is 2. The van der Waals surface area contributed by atoms with Crippen LogP contribution in [0, 0.1) is 18.7 Å². The smallest absolute Gasteiger partial charge is 0.268 e. The molecule has 1 fully saturated rings. The summed E-state index contributed by atoms with van der Waals surface area (Å²) in [5, 5.41) is 0. The number of carbonyl (C=O) groups is 2. The van der Waals surface area contributed by atoms with Crippen LogP contribution in [0.25, 0.3) is 0 Å². The Kier molecular flexibility index (Phi) is 4.70. The van der Waals surface area contributed by atoms with Crippen LogP contribution in [0.3, 0.4) is 0 Å². The van der Waals surface area contributed by atoms with Gasteiger partial charge in [-0.15, -0.1) is 11.8 Å². The molecule has 1 atom stereocenters. The van der Waals surface area contributed by atoms with Crippen molar-refractivity contribution in [1.29, 1.82) is 0 Å². The highest BCUT2D eigenvalue weighted by Gasteiger charge is 2.59. The summed E-state index contributed by atoms with van der Waals surface area (Å²) in [6, 6.07) is 12.5. The number of fused-ring (bicyclic) bond motifs is 2. The molecule has 0 radical (unpaired) electrons. The van der Waals surface area contributed by atoms with Gasteiger partial charge in [0, 0.05) is 23.8 Å². The summed E-state index contributed by atoms with van der Waals surface area (Å²) < 4.78 is 14.2. The van der Waals surface area contributed by atoms with E-state index in [9.17, 15) is 14.0 Å². The normalized spacial score (nSPS) is 21.1. The lowest BCUT2D eigenvalue weighted by Gasteiger charge is -2.34. The molecule has 2 heterocycles. The number of nitrogens with zero attached hydrogens (tertiary/aromatic N) is 2. The molecular weight excluding hydrogens is 375 g/mol. The van der Waals surface area contributed by atoms with Crippen LogP contribution in [0.5, 0.6) is 0 Å². The Morgan fingerprint density at radius 1 is 1.21 bits per heavy atom. The van der Waals surface area contributed by atoms with Crippen LogP contribution in [-0.4, -0.2) is 29.0 Å². The van der Waals surface area contributed by atoms with Crippen LogP contribution < -0.4 is 4.90 Å². The summed E-state index contributed by atoms with van der Waals surface area (Å²) in [4.78, 5) is 28.8. The molecule has 28 heavy (non-hydrogen) atoms. The monoisotopic (exact) mass is 398 g/mol. The van der Waals surface area contributed by atoms with E-state index in [4.69, 9.17) is 0 Å². The standard InChI is InChI=1S/C22H23FN2O2S/c1-14(2)20(26)25-10-11-28-22(25)18-12-17(23)8-9-19(18)24(21(22)27)13-16-6-4-15(3)5-7-16/h4-9,12,14H,10-11,13H2,1-3H3. The van der Waals surface area contributed by atoms with Gasteiger partial charge in [-0.05, 0) is 30.7 Å². The summed E-state index contributed by atoms with van der Waals surface area (Å²) in [5.74, 6) is -0.214. The van der Waals surface area contributed by atoms with E-state index < -0.39 is 10.7 Å². The molecule has 0 N–H and O–H groups in total. The molecule has 2 aromatic carbocycles. The predicted octanol–water partition coefficient (Wildman–Crippen LogP) is 4.07. The van der Waals surface area contributed by atoms with Crippen molar-refractivity contribution in [2.24, 2.45) is 5.92 Å². The van der Waals surface area contributed by atoms with Gasteiger partial charge in [-0.1, -0.05) is 43.7 Å². The first-order valence-corrected chi connectivity index (χ1v) is 10.5. The molecule has 1 spiro atoms. The maximum Gasteiger partial charge on any atom is 0.268 e. The number of hydrogen-bond acceptors (Lipinski definition) is 3. The first kappa shape index (κ1) is 19.0. The van der Waals surface area contributed by atoms with E-state index in [1.165, 1.54) is 23.9 Å². The summed E-state index contributed by atoms with van der Waals surface area (Å²) in [6.07, 6.45) is 0. The first-order valence-electron chi connectivity index (χ1n) is 9.47. The molecule has 1 unspecified atom stereocenters. The van der Waals surface area contributed by atoms with Gasteiger partial charge in [0.1, 0.15) is 5.82 Å². The molecule has 0 saturated carbocycles. The number of amides is 2. The highest BCUT2D eigenvalue weighted by molar-refractivity contribution is 8.01. The third-order valence-electron chi connectivity index (χ3n) is 5.38. The van der Waals surface area contributed by atoms with Gasteiger partial charge < -0.3 is 9.80 Å². The van der Waals surface area contributed by atoms with Crippen molar-refractivity contribution in [3.63, 3.8) is 0 Å². The minimum atomic E-state index is -1.16. The van der Waals surface area contributed by atoms with Crippen LogP contribution in [0.2, 0.25) is 0 Å². The molecule has 6 heteroatoms. The third-order valence-corrected chi connectivity index (χ3v) is 6.80. The number of anilines is 1. The summed E-state index contributed by atoms with van der Waals surface area (Å²) in [6.45, 7) is 6.55. The van der Waals surface area contributed by atoms with Gasteiger partial charge in [-0.2, -0.15) is 0 Å². The maximum absolute atomic E-state index is 14.2. The number of halogens is 1. The Labute approximate surface area is 168 Å². The van der Waals surface area contributed by atoms with Gasteiger partial charge in [0.25, 0.3) is 5.91 Å². The summed E-state index contributed by atoms with van der Waals surface area (Å²) in [5.41, 5.74) is 3.41. The zero-order chi connectivity index (χ0) is 20.1. The van der Waals surface area contributed by atoms with E-state index in [0.29, 0.717) is 30.1 Å². The fourth-order valence-electron chi connectivity index (χ4n) is 3.95. The van der Waals surface area contributed by atoms with E-state index in [1.54, 1.807) is 15.9 Å².